The van der Waals surface area contributed by atoms with Gasteiger partial charge in [0, 0.05) is 18.8 Å². The second-order valence-electron chi connectivity index (χ2n) is 5.06. The molecule has 7 nitrogen and oxygen atoms in total. The van der Waals surface area contributed by atoms with Crippen molar-refractivity contribution in [2.45, 2.75) is 12.7 Å². The molecule has 122 valence electrons. The normalized spacial score (nSPS) is 14.4. The molecule has 0 spiro atoms. The van der Waals surface area contributed by atoms with Gasteiger partial charge in [-0.2, -0.15) is 5.10 Å². The number of ether oxygens (including phenoxy) is 3. The number of aliphatic hydroxyl groups is 1. The molecule has 0 radical (unpaired) electrons. The monoisotopic (exact) mass is 338 g/mol. The topological polar surface area (TPSA) is 82.8 Å². The van der Waals surface area contributed by atoms with Crippen LogP contribution in [0.1, 0.15) is 17.2 Å². The number of nitrogens with zero attached hydrogens (tertiary/aromatic N) is 2. The lowest BCUT2D eigenvalue weighted by Crippen LogP contribution is -2.17. The summed E-state index contributed by atoms with van der Waals surface area (Å²) in [5.41, 5.74) is 1.02. The van der Waals surface area contributed by atoms with Crippen LogP contribution >= 0.6 is 11.6 Å². The van der Waals surface area contributed by atoms with Gasteiger partial charge in [0.1, 0.15) is 19.8 Å². The van der Waals surface area contributed by atoms with Crippen molar-refractivity contribution in [3.63, 3.8) is 0 Å². The highest BCUT2D eigenvalue weighted by atomic mass is 35.5. The van der Waals surface area contributed by atoms with Gasteiger partial charge in [-0.25, -0.2) is 4.79 Å². The Balaban J connectivity index is 1.66. The molecule has 0 saturated heterocycles. The highest BCUT2D eigenvalue weighted by Crippen LogP contribution is 2.38. The number of aromatic nitrogens is 2. The molecule has 0 saturated carbocycles. The summed E-state index contributed by atoms with van der Waals surface area (Å²) in [6.45, 7) is 0.844. The summed E-state index contributed by atoms with van der Waals surface area (Å²) in [7, 11) is 1.69. The quantitative estimate of drug-likeness (QED) is 0.853. The van der Waals surface area contributed by atoms with Gasteiger partial charge >= 0.3 is 5.97 Å². The Morgan fingerprint density at radius 1 is 1.48 bits per heavy atom. The first kappa shape index (κ1) is 15.6. The highest BCUT2D eigenvalue weighted by Gasteiger charge is 2.22. The van der Waals surface area contributed by atoms with Crippen LogP contribution in [0.2, 0.25) is 5.02 Å². The minimum absolute atomic E-state index is 0.0352. The maximum absolute atomic E-state index is 11.9. The average Bonchev–Trinajstić information content (AvgIpc) is 2.98. The first-order valence-corrected chi connectivity index (χ1v) is 7.33. The van der Waals surface area contributed by atoms with Gasteiger partial charge in [-0.3, -0.25) is 4.68 Å². The molecule has 1 atom stereocenters. The predicted molar refractivity (Wildman–Crippen MR) is 80.4 cm³/mol. The van der Waals surface area contributed by atoms with Gasteiger partial charge in [0.15, 0.2) is 17.6 Å². The first-order chi connectivity index (χ1) is 11.0. The first-order valence-electron chi connectivity index (χ1n) is 6.96. The van der Waals surface area contributed by atoms with E-state index >= 15 is 0 Å². The van der Waals surface area contributed by atoms with E-state index in [9.17, 15) is 9.90 Å². The minimum atomic E-state index is -1.38. The van der Waals surface area contributed by atoms with Crippen molar-refractivity contribution in [3.05, 3.63) is 40.7 Å². The van der Waals surface area contributed by atoms with Crippen LogP contribution in [-0.2, 0) is 23.2 Å². The number of carbonyl (C=O) groups excluding carboxylic acids is 1. The fourth-order valence-electron chi connectivity index (χ4n) is 2.20. The molecule has 3 rings (SSSR count). The Bertz CT molecular complexity index is 731. The molecule has 2 heterocycles. The van der Waals surface area contributed by atoms with Crippen molar-refractivity contribution in [2.75, 3.05) is 13.2 Å². The maximum atomic E-state index is 11.9. The highest BCUT2D eigenvalue weighted by molar-refractivity contribution is 6.32. The van der Waals surface area contributed by atoms with Crippen LogP contribution in [0.3, 0.4) is 0 Å². The number of fused-ring (bicyclic) bond motifs is 1. The summed E-state index contributed by atoms with van der Waals surface area (Å²) in [6, 6.07) is 3.34. The molecule has 0 amide bonds. The third kappa shape index (κ3) is 3.40. The SMILES string of the molecule is Cn1cc([C@@H](O)C(=O)OCc2cc(Cl)c3c(c2)OCCO3)cn1. The van der Waals surface area contributed by atoms with Crippen LogP contribution in [0.15, 0.2) is 24.5 Å². The number of aryl methyl sites for hydroxylation is 1. The maximum Gasteiger partial charge on any atom is 0.340 e. The third-order valence-corrected chi connectivity index (χ3v) is 3.58. The third-order valence-electron chi connectivity index (χ3n) is 3.30. The van der Waals surface area contributed by atoms with Gasteiger partial charge in [0.25, 0.3) is 0 Å². The molecule has 1 aliphatic rings. The number of esters is 1. The summed E-state index contributed by atoms with van der Waals surface area (Å²) >= 11 is 6.12. The largest absolute Gasteiger partial charge is 0.486 e. The van der Waals surface area contributed by atoms with Gasteiger partial charge in [0.05, 0.1) is 11.2 Å². The molecule has 1 aromatic carbocycles. The second kappa shape index (κ2) is 6.47. The number of aliphatic hydroxyl groups excluding tert-OH is 1. The molecule has 1 N–H and O–H groups in total. The Morgan fingerprint density at radius 2 is 2.26 bits per heavy atom. The van der Waals surface area contributed by atoms with Crippen molar-refractivity contribution in [1.82, 2.24) is 9.78 Å². The Labute approximate surface area is 137 Å². The lowest BCUT2D eigenvalue weighted by atomic mass is 10.2. The molecular weight excluding hydrogens is 324 g/mol. The van der Waals surface area contributed by atoms with Gasteiger partial charge < -0.3 is 19.3 Å². The Hall–Kier alpha value is -2.25. The standard InChI is InChI=1S/C15H15ClN2O5/c1-18-7-10(6-17-18)13(19)15(20)23-8-9-4-11(16)14-12(5-9)21-2-3-22-14/h4-7,13,19H,2-3,8H2,1H3/t13-/m1/s1. The summed E-state index contributed by atoms with van der Waals surface area (Å²) < 4.78 is 17.5. The van der Waals surface area contributed by atoms with E-state index < -0.39 is 12.1 Å². The van der Waals surface area contributed by atoms with E-state index in [1.807, 2.05) is 0 Å². The van der Waals surface area contributed by atoms with Crippen LogP contribution in [-0.4, -0.2) is 34.1 Å². The average molecular weight is 339 g/mol. The van der Waals surface area contributed by atoms with Crippen molar-refractivity contribution in [1.29, 1.82) is 0 Å². The molecule has 0 unspecified atom stereocenters. The van der Waals surface area contributed by atoms with Gasteiger partial charge in [0.2, 0.25) is 0 Å². The zero-order valence-electron chi connectivity index (χ0n) is 12.4. The number of hydrogen-bond donors (Lipinski definition) is 1. The van der Waals surface area contributed by atoms with Crippen LogP contribution in [0.5, 0.6) is 11.5 Å². The van der Waals surface area contributed by atoms with Crippen LogP contribution in [0, 0.1) is 0 Å². The molecule has 0 bridgehead atoms. The number of halogens is 1. The predicted octanol–water partition coefficient (Wildman–Crippen LogP) is 1.62. The zero-order valence-corrected chi connectivity index (χ0v) is 13.1. The van der Waals surface area contributed by atoms with Gasteiger partial charge in [-0.05, 0) is 17.7 Å². The van der Waals surface area contributed by atoms with E-state index in [0.29, 0.717) is 40.9 Å². The molecule has 0 fully saturated rings. The van der Waals surface area contributed by atoms with E-state index in [1.165, 1.54) is 10.9 Å². The van der Waals surface area contributed by atoms with E-state index in [2.05, 4.69) is 5.10 Å². The summed E-state index contributed by atoms with van der Waals surface area (Å²) in [5.74, 6) is 0.245. The van der Waals surface area contributed by atoms with Crippen molar-refractivity contribution in [3.8, 4) is 11.5 Å². The van der Waals surface area contributed by atoms with E-state index in [4.69, 9.17) is 25.8 Å². The number of benzene rings is 1. The number of rotatable bonds is 4. The second-order valence-corrected chi connectivity index (χ2v) is 5.47. The van der Waals surface area contributed by atoms with Crippen molar-refractivity contribution in [2.24, 2.45) is 7.05 Å². The fourth-order valence-corrected chi connectivity index (χ4v) is 2.49. The van der Waals surface area contributed by atoms with Gasteiger partial charge in [-0.15, -0.1) is 0 Å². The number of carbonyl (C=O) groups is 1. The number of hydrogen-bond acceptors (Lipinski definition) is 6. The van der Waals surface area contributed by atoms with Crippen LogP contribution in [0.4, 0.5) is 0 Å². The van der Waals surface area contributed by atoms with Gasteiger partial charge in [-0.1, -0.05) is 11.6 Å². The van der Waals surface area contributed by atoms with E-state index in [1.54, 1.807) is 25.4 Å². The lowest BCUT2D eigenvalue weighted by Gasteiger charge is -2.20. The summed E-state index contributed by atoms with van der Waals surface area (Å²) in [5, 5.41) is 14.2. The zero-order chi connectivity index (χ0) is 16.4. The molecule has 8 heteroatoms. The minimum Gasteiger partial charge on any atom is -0.486 e. The fraction of sp³-hybridized carbons (Fsp3) is 0.333. The molecule has 1 aromatic heterocycles. The van der Waals surface area contributed by atoms with Crippen molar-refractivity contribution >= 4 is 17.6 Å². The van der Waals surface area contributed by atoms with Crippen LogP contribution in [0.25, 0.3) is 0 Å². The smallest absolute Gasteiger partial charge is 0.340 e. The van der Waals surface area contributed by atoms with Crippen molar-refractivity contribution < 1.29 is 24.1 Å². The molecule has 0 aliphatic carbocycles. The Morgan fingerprint density at radius 3 is 3.00 bits per heavy atom. The van der Waals surface area contributed by atoms with E-state index in [-0.39, 0.29) is 6.61 Å². The molecule has 23 heavy (non-hydrogen) atoms. The Kier molecular flexibility index (Phi) is 4.40. The molecule has 1 aliphatic heterocycles. The molecule has 2 aromatic rings. The van der Waals surface area contributed by atoms with Crippen LogP contribution < -0.4 is 9.47 Å². The summed E-state index contributed by atoms with van der Waals surface area (Å²) in [4.78, 5) is 11.9. The molecular formula is C15H15ClN2O5. The summed E-state index contributed by atoms with van der Waals surface area (Å²) in [6.07, 6.45) is 1.58. The lowest BCUT2D eigenvalue weighted by molar-refractivity contribution is -0.155. The van der Waals surface area contributed by atoms with E-state index in [0.717, 1.165) is 0 Å².